The van der Waals surface area contributed by atoms with Gasteiger partial charge in [0.15, 0.2) is 0 Å². The van der Waals surface area contributed by atoms with Crippen LogP contribution in [0, 0.1) is 11.7 Å². The summed E-state index contributed by atoms with van der Waals surface area (Å²) in [6.07, 6.45) is 6.25. The molecule has 0 bridgehead atoms. The van der Waals surface area contributed by atoms with Gasteiger partial charge >= 0.3 is 0 Å². The summed E-state index contributed by atoms with van der Waals surface area (Å²) in [5, 5.41) is 3.67. The van der Waals surface area contributed by atoms with Gasteiger partial charge in [-0.3, -0.25) is 4.79 Å². The van der Waals surface area contributed by atoms with Crippen molar-refractivity contribution in [3.05, 3.63) is 35.6 Å². The highest BCUT2D eigenvalue weighted by Crippen LogP contribution is 2.38. The lowest BCUT2D eigenvalue weighted by Gasteiger charge is -2.40. The molecule has 0 heterocycles. The van der Waals surface area contributed by atoms with Gasteiger partial charge in [0.2, 0.25) is 5.91 Å². The number of halogens is 1. The second-order valence-corrected chi connectivity index (χ2v) is 6.55. The van der Waals surface area contributed by atoms with Gasteiger partial charge in [-0.2, -0.15) is 0 Å². The molecule has 3 rings (SSSR count). The van der Waals surface area contributed by atoms with E-state index in [4.69, 9.17) is 5.73 Å². The number of hydrogen-bond acceptors (Lipinski definition) is 2. The summed E-state index contributed by atoms with van der Waals surface area (Å²) in [7, 11) is 0. The van der Waals surface area contributed by atoms with Gasteiger partial charge in [0.1, 0.15) is 5.82 Å². The maximum Gasteiger partial charge on any atom is 0.220 e. The molecular formula is C17H23FN2O. The number of carbonyl (C=O) groups is 1. The molecule has 0 saturated heterocycles. The summed E-state index contributed by atoms with van der Waals surface area (Å²) in [6.45, 7) is 0. The number of nitrogens with one attached hydrogen (secondary N) is 1. The van der Waals surface area contributed by atoms with Crippen LogP contribution in [0.15, 0.2) is 24.3 Å². The van der Waals surface area contributed by atoms with Crippen molar-refractivity contribution in [2.75, 3.05) is 0 Å². The van der Waals surface area contributed by atoms with Crippen LogP contribution >= 0.6 is 0 Å². The molecule has 1 amide bonds. The number of carbonyl (C=O) groups excluding carboxylic acids is 1. The van der Waals surface area contributed by atoms with Crippen molar-refractivity contribution in [2.24, 2.45) is 11.7 Å². The van der Waals surface area contributed by atoms with Crippen LogP contribution < -0.4 is 11.1 Å². The molecule has 0 aromatic heterocycles. The van der Waals surface area contributed by atoms with Gasteiger partial charge in [-0.1, -0.05) is 18.6 Å². The molecule has 2 atom stereocenters. The van der Waals surface area contributed by atoms with Gasteiger partial charge in [0, 0.05) is 18.0 Å². The second kappa shape index (κ2) is 6.14. The van der Waals surface area contributed by atoms with Crippen molar-refractivity contribution in [1.29, 1.82) is 0 Å². The molecule has 2 aliphatic rings. The topological polar surface area (TPSA) is 55.1 Å². The summed E-state index contributed by atoms with van der Waals surface area (Å²) < 4.78 is 12.9. The Balaban J connectivity index is 1.46. The van der Waals surface area contributed by atoms with Crippen LogP contribution in [0.3, 0.4) is 0 Å². The average Bonchev–Trinajstić information content (AvgIpc) is 2.44. The van der Waals surface area contributed by atoms with Gasteiger partial charge in [-0.25, -0.2) is 4.39 Å². The van der Waals surface area contributed by atoms with Crippen LogP contribution in [0.5, 0.6) is 0 Å². The smallest absolute Gasteiger partial charge is 0.220 e. The summed E-state index contributed by atoms with van der Waals surface area (Å²) in [6, 6.07) is 7.80. The van der Waals surface area contributed by atoms with Crippen molar-refractivity contribution >= 4 is 5.91 Å². The highest BCUT2D eigenvalue weighted by molar-refractivity contribution is 5.76. The third-order valence-electron chi connectivity index (χ3n) is 5.03. The van der Waals surface area contributed by atoms with Crippen LogP contribution in [-0.2, 0) is 4.79 Å². The fourth-order valence-corrected chi connectivity index (χ4v) is 3.69. The number of amides is 1. The van der Waals surface area contributed by atoms with Gasteiger partial charge in [-0.05, 0) is 55.7 Å². The molecule has 3 nitrogen and oxygen atoms in total. The zero-order valence-corrected chi connectivity index (χ0v) is 12.2. The van der Waals surface area contributed by atoms with Gasteiger partial charge in [0.25, 0.3) is 0 Å². The van der Waals surface area contributed by atoms with Crippen molar-refractivity contribution < 1.29 is 9.18 Å². The minimum atomic E-state index is -0.174. The van der Waals surface area contributed by atoms with E-state index < -0.39 is 0 Å². The van der Waals surface area contributed by atoms with E-state index >= 15 is 0 Å². The van der Waals surface area contributed by atoms with E-state index in [0.717, 1.165) is 38.5 Å². The van der Waals surface area contributed by atoms with E-state index in [1.165, 1.54) is 17.7 Å². The molecular weight excluding hydrogens is 267 g/mol. The molecule has 1 aromatic carbocycles. The Labute approximate surface area is 125 Å². The first kappa shape index (κ1) is 14.5. The van der Waals surface area contributed by atoms with Gasteiger partial charge in [0.05, 0.1) is 0 Å². The first-order valence-corrected chi connectivity index (χ1v) is 7.92. The third kappa shape index (κ3) is 3.43. The SMILES string of the molecule is NC(=O)[C@@H]1CCC[C@H](NC2CC(c3ccc(F)cc3)C2)C1. The molecule has 2 aliphatic carbocycles. The van der Waals surface area contributed by atoms with Crippen LogP contribution in [0.25, 0.3) is 0 Å². The van der Waals surface area contributed by atoms with E-state index in [2.05, 4.69) is 5.32 Å². The van der Waals surface area contributed by atoms with E-state index in [-0.39, 0.29) is 17.6 Å². The van der Waals surface area contributed by atoms with E-state index in [0.29, 0.717) is 18.0 Å². The molecule has 0 spiro atoms. The Bertz CT molecular complexity index is 496. The quantitative estimate of drug-likeness (QED) is 0.896. The number of nitrogens with two attached hydrogens (primary N) is 1. The largest absolute Gasteiger partial charge is 0.369 e. The molecule has 0 unspecified atom stereocenters. The normalized spacial score (nSPS) is 32.4. The van der Waals surface area contributed by atoms with Crippen LogP contribution in [0.4, 0.5) is 4.39 Å². The fraction of sp³-hybridized carbons (Fsp3) is 0.588. The Kier molecular flexibility index (Phi) is 4.24. The summed E-state index contributed by atoms with van der Waals surface area (Å²) in [5.74, 6) is 0.259. The average molecular weight is 290 g/mol. The van der Waals surface area contributed by atoms with Crippen LogP contribution in [0.2, 0.25) is 0 Å². The predicted octanol–water partition coefficient (Wildman–Crippen LogP) is 2.71. The van der Waals surface area contributed by atoms with Crippen LogP contribution in [-0.4, -0.2) is 18.0 Å². The predicted molar refractivity (Wildman–Crippen MR) is 80.2 cm³/mol. The minimum Gasteiger partial charge on any atom is -0.369 e. The zero-order chi connectivity index (χ0) is 14.8. The zero-order valence-electron chi connectivity index (χ0n) is 12.2. The number of benzene rings is 1. The number of rotatable bonds is 4. The Hall–Kier alpha value is -1.42. The van der Waals surface area contributed by atoms with Crippen molar-refractivity contribution in [2.45, 2.75) is 56.5 Å². The third-order valence-corrected chi connectivity index (χ3v) is 5.03. The molecule has 2 fully saturated rings. The fourth-order valence-electron chi connectivity index (χ4n) is 3.69. The lowest BCUT2D eigenvalue weighted by molar-refractivity contribution is -0.123. The Morgan fingerprint density at radius 1 is 1.10 bits per heavy atom. The van der Waals surface area contributed by atoms with E-state index in [1.54, 1.807) is 0 Å². The molecule has 114 valence electrons. The van der Waals surface area contributed by atoms with Crippen molar-refractivity contribution in [1.82, 2.24) is 5.32 Å². The van der Waals surface area contributed by atoms with E-state index in [9.17, 15) is 9.18 Å². The Morgan fingerprint density at radius 2 is 1.81 bits per heavy atom. The Morgan fingerprint density at radius 3 is 2.48 bits per heavy atom. The lowest BCUT2D eigenvalue weighted by atomic mass is 9.75. The molecule has 0 radical (unpaired) electrons. The molecule has 4 heteroatoms. The van der Waals surface area contributed by atoms with Gasteiger partial charge in [-0.15, -0.1) is 0 Å². The molecule has 3 N–H and O–H groups in total. The number of hydrogen-bond donors (Lipinski definition) is 2. The summed E-state index contributed by atoms with van der Waals surface area (Å²) >= 11 is 0. The maximum absolute atomic E-state index is 12.9. The highest BCUT2D eigenvalue weighted by Gasteiger charge is 2.33. The number of primary amides is 1. The van der Waals surface area contributed by atoms with Crippen LogP contribution in [0.1, 0.15) is 50.0 Å². The first-order valence-electron chi connectivity index (χ1n) is 7.92. The standard InChI is InChI=1S/C17H23FN2O/c18-14-6-4-11(5-7-14)13-9-16(10-13)20-15-3-1-2-12(8-15)17(19)21/h4-7,12-13,15-16,20H,1-3,8-10H2,(H2,19,21)/t12-,13?,15+,16?/m1/s1. The summed E-state index contributed by atoms with van der Waals surface area (Å²) in [5.41, 5.74) is 6.65. The van der Waals surface area contributed by atoms with Crippen molar-refractivity contribution in [3.63, 3.8) is 0 Å². The molecule has 2 saturated carbocycles. The van der Waals surface area contributed by atoms with Crippen molar-refractivity contribution in [3.8, 4) is 0 Å². The second-order valence-electron chi connectivity index (χ2n) is 6.55. The van der Waals surface area contributed by atoms with Gasteiger partial charge < -0.3 is 11.1 Å². The first-order chi connectivity index (χ1) is 10.1. The molecule has 21 heavy (non-hydrogen) atoms. The highest BCUT2D eigenvalue weighted by atomic mass is 19.1. The molecule has 1 aromatic rings. The monoisotopic (exact) mass is 290 g/mol. The van der Waals surface area contributed by atoms with E-state index in [1.807, 2.05) is 12.1 Å². The lowest BCUT2D eigenvalue weighted by Crippen LogP contribution is -2.48. The maximum atomic E-state index is 12.9. The minimum absolute atomic E-state index is 0.0456. The summed E-state index contributed by atoms with van der Waals surface area (Å²) in [4.78, 5) is 11.3. The molecule has 0 aliphatic heterocycles.